The Bertz CT molecular complexity index is 403. The van der Waals surface area contributed by atoms with E-state index in [0.29, 0.717) is 5.92 Å². The molecule has 0 radical (unpaired) electrons. The zero-order valence-corrected chi connectivity index (χ0v) is 7.54. The van der Waals surface area contributed by atoms with Crippen molar-refractivity contribution in [3.8, 4) is 0 Å². The molecule has 2 rings (SSSR count). The van der Waals surface area contributed by atoms with Gasteiger partial charge in [0.2, 0.25) is 0 Å². The van der Waals surface area contributed by atoms with Crippen LogP contribution in [0.5, 0.6) is 0 Å². The third-order valence-corrected chi connectivity index (χ3v) is 2.71. The fourth-order valence-electron chi connectivity index (χ4n) is 1.66. The first-order valence-electron chi connectivity index (χ1n) is 4.40. The maximum atomic E-state index is 4.14. The fourth-order valence-corrected chi connectivity index (χ4v) is 1.66. The standard InChI is InChI=1S/C11H13N/c1-8-3-4-10-5-6-12-7-11(10)9(8)2/h4-8H,3H2,1-2H3. The smallest absolute Gasteiger partial charge is 0.0345 e. The highest BCUT2D eigenvalue weighted by molar-refractivity contribution is 5.50. The summed E-state index contributed by atoms with van der Waals surface area (Å²) in [7, 11) is 0. The molecule has 0 spiro atoms. The van der Waals surface area contributed by atoms with Crippen molar-refractivity contribution in [2.75, 3.05) is 0 Å². The van der Waals surface area contributed by atoms with Gasteiger partial charge in [0.1, 0.15) is 0 Å². The second-order valence-corrected chi connectivity index (χ2v) is 3.49. The Morgan fingerprint density at radius 2 is 2.33 bits per heavy atom. The molecule has 0 bridgehead atoms. The molecule has 0 aromatic carbocycles. The van der Waals surface area contributed by atoms with E-state index in [-0.39, 0.29) is 0 Å². The molecule has 1 atom stereocenters. The number of hydrogen-bond donors (Lipinski definition) is 0. The van der Waals surface area contributed by atoms with E-state index in [0.717, 1.165) is 0 Å². The van der Waals surface area contributed by atoms with Gasteiger partial charge in [-0.1, -0.05) is 18.6 Å². The summed E-state index contributed by atoms with van der Waals surface area (Å²) in [4.78, 5) is 4.14. The molecule has 0 N–H and O–H groups in total. The van der Waals surface area contributed by atoms with Crippen LogP contribution in [0.3, 0.4) is 0 Å². The normalized spacial score (nSPS) is 21.5. The molecule has 0 saturated carbocycles. The molecule has 1 aliphatic rings. The molecule has 1 unspecified atom stereocenters. The van der Waals surface area contributed by atoms with Crippen molar-refractivity contribution in [1.82, 2.24) is 4.98 Å². The number of aromatic nitrogens is 1. The Morgan fingerprint density at radius 1 is 1.50 bits per heavy atom. The topological polar surface area (TPSA) is 12.9 Å². The van der Waals surface area contributed by atoms with E-state index in [2.05, 4.69) is 31.0 Å². The Balaban J connectivity index is 2.83. The summed E-state index contributed by atoms with van der Waals surface area (Å²) in [5.41, 5.74) is 1.47. The highest BCUT2D eigenvalue weighted by atomic mass is 14.6. The van der Waals surface area contributed by atoms with E-state index in [1.807, 2.05) is 12.4 Å². The van der Waals surface area contributed by atoms with Gasteiger partial charge in [-0.25, -0.2) is 0 Å². The second kappa shape index (κ2) is 2.74. The van der Waals surface area contributed by atoms with Gasteiger partial charge in [0, 0.05) is 12.4 Å². The van der Waals surface area contributed by atoms with Crippen LogP contribution in [-0.4, -0.2) is 4.98 Å². The summed E-state index contributed by atoms with van der Waals surface area (Å²) in [6.07, 6.45) is 7.30. The Morgan fingerprint density at radius 3 is 3.17 bits per heavy atom. The minimum absolute atomic E-state index is 0.682. The van der Waals surface area contributed by atoms with Crippen LogP contribution in [0.15, 0.2) is 18.5 Å². The molecule has 1 heteroatoms. The van der Waals surface area contributed by atoms with Gasteiger partial charge < -0.3 is 0 Å². The van der Waals surface area contributed by atoms with Gasteiger partial charge in [0.25, 0.3) is 0 Å². The first-order valence-corrected chi connectivity index (χ1v) is 4.40. The zero-order chi connectivity index (χ0) is 8.55. The van der Waals surface area contributed by atoms with Crippen molar-refractivity contribution in [1.29, 1.82) is 0 Å². The van der Waals surface area contributed by atoms with Crippen LogP contribution in [0, 0.1) is 5.92 Å². The molecule has 1 nitrogen and oxygen atoms in total. The van der Waals surface area contributed by atoms with Crippen LogP contribution >= 0.6 is 0 Å². The number of rotatable bonds is 0. The van der Waals surface area contributed by atoms with E-state index in [4.69, 9.17) is 0 Å². The van der Waals surface area contributed by atoms with E-state index in [1.54, 1.807) is 0 Å². The molecule has 62 valence electrons. The average Bonchev–Trinajstić information content (AvgIpc) is 2.12. The highest BCUT2D eigenvalue weighted by Crippen LogP contribution is 2.15. The molecule has 0 amide bonds. The highest BCUT2D eigenvalue weighted by Gasteiger charge is 2.07. The quantitative estimate of drug-likeness (QED) is 0.552. The summed E-state index contributed by atoms with van der Waals surface area (Å²) in [6.45, 7) is 4.47. The van der Waals surface area contributed by atoms with Gasteiger partial charge >= 0.3 is 0 Å². The van der Waals surface area contributed by atoms with Crippen molar-refractivity contribution in [2.24, 2.45) is 5.92 Å². The maximum absolute atomic E-state index is 4.14. The van der Waals surface area contributed by atoms with Crippen molar-refractivity contribution >= 4 is 11.6 Å². The lowest BCUT2D eigenvalue weighted by Gasteiger charge is -2.13. The lowest BCUT2D eigenvalue weighted by molar-refractivity contribution is 0.765. The van der Waals surface area contributed by atoms with Crippen molar-refractivity contribution in [2.45, 2.75) is 20.3 Å². The Kier molecular flexibility index (Phi) is 1.72. The molecule has 12 heavy (non-hydrogen) atoms. The monoisotopic (exact) mass is 159 g/mol. The summed E-state index contributed by atoms with van der Waals surface area (Å²) in [5, 5.41) is 2.68. The first kappa shape index (κ1) is 7.53. The number of fused-ring (bicyclic) bond motifs is 1. The van der Waals surface area contributed by atoms with Gasteiger partial charge in [-0.05, 0) is 35.8 Å². The van der Waals surface area contributed by atoms with Gasteiger partial charge in [-0.3, -0.25) is 4.98 Å². The van der Waals surface area contributed by atoms with Crippen LogP contribution in [-0.2, 0) is 0 Å². The molecule has 0 saturated heterocycles. The molecule has 0 aliphatic heterocycles. The van der Waals surface area contributed by atoms with Crippen LogP contribution in [0.25, 0.3) is 11.6 Å². The fraction of sp³-hybridized carbons (Fsp3) is 0.364. The molecular formula is C11H13N. The van der Waals surface area contributed by atoms with E-state index in [9.17, 15) is 0 Å². The van der Waals surface area contributed by atoms with Gasteiger partial charge in [-0.2, -0.15) is 0 Å². The minimum Gasteiger partial charge on any atom is -0.264 e. The van der Waals surface area contributed by atoms with Crippen molar-refractivity contribution in [3.63, 3.8) is 0 Å². The number of hydrogen-bond acceptors (Lipinski definition) is 1. The van der Waals surface area contributed by atoms with Gasteiger partial charge in [-0.15, -0.1) is 0 Å². The summed E-state index contributed by atoms with van der Waals surface area (Å²) in [5.74, 6) is 0.682. The Labute approximate surface area is 72.5 Å². The summed E-state index contributed by atoms with van der Waals surface area (Å²) in [6, 6.07) is 2.09. The van der Waals surface area contributed by atoms with E-state index >= 15 is 0 Å². The molecule has 1 aromatic rings. The van der Waals surface area contributed by atoms with Crippen LogP contribution in [0.2, 0.25) is 0 Å². The molecule has 1 heterocycles. The lowest BCUT2D eigenvalue weighted by atomic mass is 9.92. The van der Waals surface area contributed by atoms with Crippen LogP contribution in [0.4, 0.5) is 0 Å². The molecule has 1 aliphatic carbocycles. The van der Waals surface area contributed by atoms with Gasteiger partial charge in [0.15, 0.2) is 0 Å². The predicted molar refractivity (Wildman–Crippen MR) is 50.8 cm³/mol. The van der Waals surface area contributed by atoms with Crippen LogP contribution in [0.1, 0.15) is 20.3 Å². The molecular weight excluding hydrogens is 146 g/mol. The van der Waals surface area contributed by atoms with Gasteiger partial charge in [0.05, 0.1) is 0 Å². The van der Waals surface area contributed by atoms with Crippen molar-refractivity contribution < 1.29 is 0 Å². The number of pyridine rings is 1. The summed E-state index contributed by atoms with van der Waals surface area (Å²) < 4.78 is 0. The van der Waals surface area contributed by atoms with Crippen molar-refractivity contribution in [3.05, 3.63) is 28.9 Å². The first-order chi connectivity index (χ1) is 5.79. The number of nitrogens with zero attached hydrogens (tertiary/aromatic N) is 1. The zero-order valence-electron chi connectivity index (χ0n) is 7.54. The van der Waals surface area contributed by atoms with E-state index < -0.39 is 0 Å². The summed E-state index contributed by atoms with van der Waals surface area (Å²) >= 11 is 0. The largest absolute Gasteiger partial charge is 0.264 e. The second-order valence-electron chi connectivity index (χ2n) is 3.49. The lowest BCUT2D eigenvalue weighted by Crippen LogP contribution is -2.31. The molecule has 0 fully saturated rings. The van der Waals surface area contributed by atoms with Crippen LogP contribution < -0.4 is 10.4 Å². The third kappa shape index (κ3) is 1.06. The third-order valence-electron chi connectivity index (χ3n) is 2.71. The maximum Gasteiger partial charge on any atom is 0.0345 e. The minimum atomic E-state index is 0.682. The Hall–Kier alpha value is -1.11. The average molecular weight is 159 g/mol. The predicted octanol–water partition coefficient (Wildman–Crippen LogP) is 1.07. The SMILES string of the molecule is CC1=c2cnccc2=CCC1C. The molecule has 1 aromatic heterocycles. The van der Waals surface area contributed by atoms with E-state index in [1.165, 1.54) is 22.4 Å².